The van der Waals surface area contributed by atoms with Gasteiger partial charge in [-0.05, 0) is 0 Å². The van der Waals surface area contributed by atoms with Crippen LogP contribution in [0.1, 0.15) is 6.23 Å². The maximum Gasteiger partial charge on any atom is 0.354 e. The van der Waals surface area contributed by atoms with Gasteiger partial charge >= 0.3 is 5.69 Å². The Morgan fingerprint density at radius 1 is 1.47 bits per heavy atom. The van der Waals surface area contributed by atoms with Crippen LogP contribution in [-0.2, 0) is 4.74 Å². The van der Waals surface area contributed by atoms with Crippen molar-refractivity contribution in [3.63, 3.8) is 0 Å². The van der Waals surface area contributed by atoms with Crippen LogP contribution in [0, 0.1) is 0 Å². The number of hydrogen-bond acceptors (Lipinski definition) is 8. The molecule has 1 aliphatic heterocycles. The topological polar surface area (TPSA) is 144 Å². The van der Waals surface area contributed by atoms with E-state index in [2.05, 4.69) is 9.97 Å². The lowest BCUT2D eigenvalue weighted by atomic mass is 10.1. The fourth-order valence-corrected chi connectivity index (χ4v) is 1.64. The SMILES string of the molecule is Nc1ncn(C2O[C@H](CO)[C@@H](O)[C@H]2O)c(=O)n1. The second-order valence-electron chi connectivity index (χ2n) is 3.63. The molecule has 1 fully saturated rings. The third kappa shape index (κ3) is 2.00. The number of nitrogens with zero attached hydrogens (tertiary/aromatic N) is 3. The van der Waals surface area contributed by atoms with Gasteiger partial charge in [0.25, 0.3) is 0 Å². The predicted molar refractivity (Wildman–Crippen MR) is 53.7 cm³/mol. The van der Waals surface area contributed by atoms with Gasteiger partial charge in [0.1, 0.15) is 24.6 Å². The molecule has 1 aromatic heterocycles. The van der Waals surface area contributed by atoms with Gasteiger partial charge in [-0.25, -0.2) is 9.78 Å². The summed E-state index contributed by atoms with van der Waals surface area (Å²) in [6.45, 7) is -0.473. The molecule has 1 aromatic rings. The standard InChI is InChI=1S/C8H12N4O5/c9-7-10-2-12(8(16)11-7)6-5(15)4(14)3(1-13)17-6/h2-6,13-15H,1H2,(H2,9,11,16)/t3-,4-,5-,6?/m1/s1. The van der Waals surface area contributed by atoms with Crippen LogP contribution in [0.25, 0.3) is 0 Å². The van der Waals surface area contributed by atoms with Gasteiger partial charge in [-0.1, -0.05) is 0 Å². The Hall–Kier alpha value is -1.55. The summed E-state index contributed by atoms with van der Waals surface area (Å²) in [6, 6.07) is 0. The molecule has 0 saturated carbocycles. The van der Waals surface area contributed by atoms with Crippen LogP contribution in [0.2, 0.25) is 0 Å². The van der Waals surface area contributed by atoms with Crippen LogP contribution in [0.15, 0.2) is 11.1 Å². The first-order chi connectivity index (χ1) is 8.04. The van der Waals surface area contributed by atoms with Crippen molar-refractivity contribution in [3.8, 4) is 0 Å². The van der Waals surface area contributed by atoms with E-state index < -0.39 is 36.8 Å². The minimum Gasteiger partial charge on any atom is -0.394 e. The average Bonchev–Trinajstić information content (AvgIpc) is 2.57. The van der Waals surface area contributed by atoms with Crippen molar-refractivity contribution in [3.05, 3.63) is 16.8 Å². The van der Waals surface area contributed by atoms with Crippen LogP contribution in [0.3, 0.4) is 0 Å². The Balaban J connectivity index is 2.32. The molecular formula is C8H12N4O5. The van der Waals surface area contributed by atoms with Crippen LogP contribution in [0.4, 0.5) is 5.95 Å². The fraction of sp³-hybridized carbons (Fsp3) is 0.625. The van der Waals surface area contributed by atoms with Crippen molar-refractivity contribution in [1.82, 2.24) is 14.5 Å². The Labute approximate surface area is 95.1 Å². The van der Waals surface area contributed by atoms with Crippen LogP contribution < -0.4 is 11.4 Å². The number of ether oxygens (including phenoxy) is 1. The summed E-state index contributed by atoms with van der Waals surface area (Å²) in [5, 5.41) is 28.1. The zero-order valence-corrected chi connectivity index (χ0v) is 8.67. The van der Waals surface area contributed by atoms with Crippen LogP contribution in [-0.4, -0.2) is 54.8 Å². The average molecular weight is 244 g/mol. The van der Waals surface area contributed by atoms with E-state index >= 15 is 0 Å². The van der Waals surface area contributed by atoms with Gasteiger partial charge in [0, 0.05) is 0 Å². The second-order valence-corrected chi connectivity index (χ2v) is 3.63. The van der Waals surface area contributed by atoms with E-state index in [4.69, 9.17) is 15.6 Å². The molecule has 17 heavy (non-hydrogen) atoms. The molecule has 94 valence electrons. The normalized spacial score (nSPS) is 32.9. The predicted octanol–water partition coefficient (Wildman–Crippen LogP) is -3.17. The monoisotopic (exact) mass is 244 g/mol. The minimum atomic E-state index is -1.35. The Bertz CT molecular complexity index is 463. The van der Waals surface area contributed by atoms with Crippen LogP contribution in [0.5, 0.6) is 0 Å². The summed E-state index contributed by atoms with van der Waals surface area (Å²) < 4.78 is 6.04. The molecule has 2 rings (SSSR count). The zero-order chi connectivity index (χ0) is 12.6. The van der Waals surface area contributed by atoms with Gasteiger partial charge < -0.3 is 25.8 Å². The van der Waals surface area contributed by atoms with Gasteiger partial charge in [-0.2, -0.15) is 4.98 Å². The third-order valence-corrected chi connectivity index (χ3v) is 2.54. The first-order valence-corrected chi connectivity index (χ1v) is 4.87. The highest BCUT2D eigenvalue weighted by atomic mass is 16.6. The van der Waals surface area contributed by atoms with Crippen molar-refractivity contribution in [2.75, 3.05) is 12.3 Å². The lowest BCUT2D eigenvalue weighted by Gasteiger charge is -2.16. The molecule has 0 bridgehead atoms. The molecule has 1 unspecified atom stereocenters. The Kier molecular flexibility index (Phi) is 3.07. The summed E-state index contributed by atoms with van der Waals surface area (Å²) in [5.74, 6) is -0.196. The molecule has 0 radical (unpaired) electrons. The van der Waals surface area contributed by atoms with Gasteiger partial charge in [-0.3, -0.25) is 4.57 Å². The molecule has 4 atom stereocenters. The molecule has 0 aromatic carbocycles. The van der Waals surface area contributed by atoms with Crippen molar-refractivity contribution in [1.29, 1.82) is 0 Å². The zero-order valence-electron chi connectivity index (χ0n) is 8.67. The Morgan fingerprint density at radius 2 is 2.18 bits per heavy atom. The maximum atomic E-state index is 11.5. The lowest BCUT2D eigenvalue weighted by Crippen LogP contribution is -2.36. The number of hydrogen-bond donors (Lipinski definition) is 4. The smallest absolute Gasteiger partial charge is 0.354 e. The van der Waals surface area contributed by atoms with Gasteiger partial charge in [0.15, 0.2) is 6.23 Å². The minimum absolute atomic E-state index is 0.196. The van der Waals surface area contributed by atoms with E-state index in [-0.39, 0.29) is 5.95 Å². The number of nitrogens with two attached hydrogens (primary N) is 1. The molecule has 2 heterocycles. The molecule has 0 amide bonds. The van der Waals surface area contributed by atoms with E-state index in [1.807, 2.05) is 0 Å². The second kappa shape index (κ2) is 4.37. The molecule has 9 nitrogen and oxygen atoms in total. The molecular weight excluding hydrogens is 232 g/mol. The third-order valence-electron chi connectivity index (χ3n) is 2.54. The van der Waals surface area contributed by atoms with Crippen molar-refractivity contribution >= 4 is 5.95 Å². The number of aliphatic hydroxyl groups is 3. The molecule has 1 aliphatic rings. The fourth-order valence-electron chi connectivity index (χ4n) is 1.64. The van der Waals surface area contributed by atoms with Crippen molar-refractivity contribution in [2.24, 2.45) is 0 Å². The first-order valence-electron chi connectivity index (χ1n) is 4.87. The molecule has 1 saturated heterocycles. The van der Waals surface area contributed by atoms with Gasteiger partial charge in [0.2, 0.25) is 5.95 Å². The van der Waals surface area contributed by atoms with Crippen molar-refractivity contribution < 1.29 is 20.1 Å². The first kappa shape index (κ1) is 11.9. The van der Waals surface area contributed by atoms with E-state index in [1.165, 1.54) is 0 Å². The number of aromatic nitrogens is 3. The van der Waals surface area contributed by atoms with E-state index in [9.17, 15) is 15.0 Å². The van der Waals surface area contributed by atoms with E-state index in [0.717, 1.165) is 10.9 Å². The quantitative estimate of drug-likeness (QED) is 0.426. The number of anilines is 1. The Morgan fingerprint density at radius 3 is 2.71 bits per heavy atom. The molecule has 0 spiro atoms. The highest BCUT2D eigenvalue weighted by Crippen LogP contribution is 2.27. The van der Waals surface area contributed by atoms with Crippen LogP contribution >= 0.6 is 0 Å². The van der Waals surface area contributed by atoms with E-state index in [0.29, 0.717) is 0 Å². The summed E-state index contributed by atoms with van der Waals surface area (Å²) in [5.41, 5.74) is 4.46. The number of nitrogen functional groups attached to an aromatic ring is 1. The van der Waals surface area contributed by atoms with Crippen molar-refractivity contribution in [2.45, 2.75) is 24.5 Å². The molecule has 0 aliphatic carbocycles. The van der Waals surface area contributed by atoms with E-state index in [1.54, 1.807) is 0 Å². The molecule has 9 heteroatoms. The summed E-state index contributed by atoms with van der Waals surface area (Å²) >= 11 is 0. The maximum absolute atomic E-state index is 11.5. The summed E-state index contributed by atoms with van der Waals surface area (Å²) in [7, 11) is 0. The number of aliphatic hydroxyl groups excluding tert-OH is 3. The van der Waals surface area contributed by atoms with Gasteiger partial charge in [0.05, 0.1) is 6.61 Å². The largest absolute Gasteiger partial charge is 0.394 e. The lowest BCUT2D eigenvalue weighted by molar-refractivity contribution is -0.0554. The summed E-state index contributed by atoms with van der Waals surface area (Å²) in [6.07, 6.45) is -3.67. The molecule has 5 N–H and O–H groups in total. The van der Waals surface area contributed by atoms with Gasteiger partial charge in [-0.15, -0.1) is 0 Å². The highest BCUT2D eigenvalue weighted by molar-refractivity contribution is 5.10. The number of rotatable bonds is 2. The summed E-state index contributed by atoms with van der Waals surface area (Å²) in [4.78, 5) is 18.4. The highest BCUT2D eigenvalue weighted by Gasteiger charge is 2.43.